The second-order valence-electron chi connectivity index (χ2n) is 5.21. The summed E-state index contributed by atoms with van der Waals surface area (Å²) in [6.45, 7) is 3.22. The van der Waals surface area contributed by atoms with Gasteiger partial charge in [0.15, 0.2) is 0 Å². The topological polar surface area (TPSA) is 52.0 Å². The molecule has 1 aliphatic carbocycles. The Bertz CT molecular complexity index is 522. The van der Waals surface area contributed by atoms with Gasteiger partial charge in [0, 0.05) is 12.7 Å². The van der Waals surface area contributed by atoms with Gasteiger partial charge in [0.25, 0.3) is 0 Å². The van der Waals surface area contributed by atoms with Crippen LogP contribution >= 0.6 is 0 Å². The minimum absolute atomic E-state index is 0.600. The largest absolute Gasteiger partial charge is 0.492 e. The highest BCUT2D eigenvalue weighted by Gasteiger charge is 2.20. The third-order valence-electron chi connectivity index (χ3n) is 3.35. The van der Waals surface area contributed by atoms with E-state index in [4.69, 9.17) is 4.74 Å². The zero-order valence-electron chi connectivity index (χ0n) is 11.5. The van der Waals surface area contributed by atoms with Crippen LogP contribution in [0.5, 0.6) is 5.75 Å². The second kappa shape index (κ2) is 6.52. The van der Waals surface area contributed by atoms with Crippen LogP contribution in [0.4, 0.5) is 0 Å². The molecule has 5 heteroatoms. The summed E-state index contributed by atoms with van der Waals surface area (Å²) in [5.74, 6) is 1.78. The van der Waals surface area contributed by atoms with E-state index >= 15 is 0 Å². The maximum Gasteiger partial charge on any atom is 0.119 e. The van der Waals surface area contributed by atoms with Crippen molar-refractivity contribution in [3.8, 4) is 5.75 Å². The monoisotopic (exact) mass is 272 g/mol. The lowest BCUT2D eigenvalue weighted by Gasteiger charge is -2.05. The molecular formula is C15H20N4O. The first-order chi connectivity index (χ1) is 9.90. The molecule has 2 aromatic rings. The first-order valence-corrected chi connectivity index (χ1v) is 7.18. The van der Waals surface area contributed by atoms with Crippen LogP contribution in [0.3, 0.4) is 0 Å². The number of ether oxygens (including phenoxy) is 1. The van der Waals surface area contributed by atoms with Crippen LogP contribution in [-0.2, 0) is 13.1 Å². The number of hydrogen-bond acceptors (Lipinski definition) is 4. The summed E-state index contributed by atoms with van der Waals surface area (Å²) in [6, 6.07) is 9.82. The highest BCUT2D eigenvalue weighted by atomic mass is 16.5. The minimum atomic E-state index is 0.600. The first-order valence-electron chi connectivity index (χ1n) is 7.18. The van der Waals surface area contributed by atoms with Crippen molar-refractivity contribution in [1.82, 2.24) is 20.3 Å². The quantitative estimate of drug-likeness (QED) is 0.797. The Morgan fingerprint density at radius 2 is 2.10 bits per heavy atom. The Balaban J connectivity index is 1.38. The van der Waals surface area contributed by atoms with Crippen molar-refractivity contribution in [3.63, 3.8) is 0 Å². The van der Waals surface area contributed by atoms with E-state index in [1.165, 1.54) is 12.8 Å². The smallest absolute Gasteiger partial charge is 0.119 e. The number of benzene rings is 1. The zero-order chi connectivity index (χ0) is 13.6. The molecule has 0 aliphatic heterocycles. The molecule has 1 heterocycles. The van der Waals surface area contributed by atoms with Crippen molar-refractivity contribution in [2.75, 3.05) is 13.2 Å². The normalized spacial score (nSPS) is 14.4. The first kappa shape index (κ1) is 13.1. The van der Waals surface area contributed by atoms with Gasteiger partial charge in [0.2, 0.25) is 0 Å². The highest BCUT2D eigenvalue weighted by molar-refractivity contribution is 5.20. The van der Waals surface area contributed by atoms with E-state index in [0.29, 0.717) is 13.2 Å². The predicted octanol–water partition coefficient (Wildman–Crippen LogP) is 1.86. The molecule has 0 spiro atoms. The van der Waals surface area contributed by atoms with Crippen LogP contribution in [0.25, 0.3) is 0 Å². The van der Waals surface area contributed by atoms with E-state index in [0.717, 1.165) is 30.5 Å². The fourth-order valence-corrected chi connectivity index (χ4v) is 2.03. The lowest BCUT2D eigenvalue weighted by molar-refractivity contribution is 0.289. The minimum Gasteiger partial charge on any atom is -0.492 e. The van der Waals surface area contributed by atoms with Crippen LogP contribution in [0, 0.1) is 5.92 Å². The lowest BCUT2D eigenvalue weighted by Crippen LogP contribution is -2.16. The fraction of sp³-hybridized carbons (Fsp3) is 0.467. The number of para-hydroxylation sites is 1. The molecule has 0 atom stereocenters. The molecule has 1 aromatic heterocycles. The summed E-state index contributed by atoms with van der Waals surface area (Å²) in [6.07, 6.45) is 4.72. The molecule has 1 saturated carbocycles. The van der Waals surface area contributed by atoms with Crippen molar-refractivity contribution in [2.45, 2.75) is 25.9 Å². The standard InChI is InChI=1S/C15H20N4O/c1-2-4-15(5-3-1)20-9-8-19-12-14(17-18-19)11-16-10-13-6-7-13/h1-5,12-13,16H,6-11H2. The molecule has 5 nitrogen and oxygen atoms in total. The predicted molar refractivity (Wildman–Crippen MR) is 76.4 cm³/mol. The maximum absolute atomic E-state index is 5.64. The van der Waals surface area contributed by atoms with Crippen molar-refractivity contribution in [2.24, 2.45) is 5.92 Å². The molecule has 0 saturated heterocycles. The molecule has 20 heavy (non-hydrogen) atoms. The van der Waals surface area contributed by atoms with E-state index < -0.39 is 0 Å². The van der Waals surface area contributed by atoms with Gasteiger partial charge >= 0.3 is 0 Å². The SMILES string of the molecule is c1ccc(OCCn2cc(CNCC3CC3)nn2)cc1. The number of nitrogens with zero attached hydrogens (tertiary/aromatic N) is 3. The van der Waals surface area contributed by atoms with Crippen molar-refractivity contribution in [1.29, 1.82) is 0 Å². The molecule has 1 aliphatic rings. The molecular weight excluding hydrogens is 252 g/mol. The van der Waals surface area contributed by atoms with Crippen LogP contribution in [0.1, 0.15) is 18.5 Å². The Hall–Kier alpha value is -1.88. The molecule has 0 radical (unpaired) electrons. The lowest BCUT2D eigenvalue weighted by atomic mass is 10.3. The van der Waals surface area contributed by atoms with E-state index in [9.17, 15) is 0 Å². The summed E-state index contributed by atoms with van der Waals surface area (Å²) in [5.41, 5.74) is 0.991. The summed E-state index contributed by atoms with van der Waals surface area (Å²) in [4.78, 5) is 0. The molecule has 1 aromatic carbocycles. The number of aromatic nitrogens is 3. The average Bonchev–Trinajstić information content (AvgIpc) is 3.19. The molecule has 0 amide bonds. The summed E-state index contributed by atoms with van der Waals surface area (Å²) in [5, 5.41) is 11.7. The number of nitrogens with one attached hydrogen (secondary N) is 1. The van der Waals surface area contributed by atoms with Crippen molar-refractivity contribution < 1.29 is 4.74 Å². The second-order valence-corrected chi connectivity index (χ2v) is 5.21. The van der Waals surface area contributed by atoms with Gasteiger partial charge in [-0.25, -0.2) is 4.68 Å². The molecule has 1 N–H and O–H groups in total. The summed E-state index contributed by atoms with van der Waals surface area (Å²) in [7, 11) is 0. The van der Waals surface area contributed by atoms with Crippen LogP contribution in [-0.4, -0.2) is 28.1 Å². The van der Waals surface area contributed by atoms with Crippen molar-refractivity contribution in [3.05, 3.63) is 42.2 Å². The molecule has 3 rings (SSSR count). The maximum atomic E-state index is 5.64. The van der Waals surface area contributed by atoms with E-state index in [-0.39, 0.29) is 0 Å². The zero-order valence-corrected chi connectivity index (χ0v) is 11.5. The molecule has 0 unspecified atom stereocenters. The average molecular weight is 272 g/mol. The van der Waals surface area contributed by atoms with Gasteiger partial charge in [-0.2, -0.15) is 0 Å². The number of rotatable bonds is 8. The highest BCUT2D eigenvalue weighted by Crippen LogP contribution is 2.27. The van der Waals surface area contributed by atoms with E-state index in [2.05, 4.69) is 15.6 Å². The third kappa shape index (κ3) is 4.06. The molecule has 106 valence electrons. The van der Waals surface area contributed by atoms with Gasteiger partial charge in [-0.15, -0.1) is 5.10 Å². The van der Waals surface area contributed by atoms with Crippen LogP contribution in [0.2, 0.25) is 0 Å². The third-order valence-corrected chi connectivity index (χ3v) is 3.35. The van der Waals surface area contributed by atoms with Gasteiger partial charge in [-0.3, -0.25) is 0 Å². The Morgan fingerprint density at radius 3 is 2.90 bits per heavy atom. The van der Waals surface area contributed by atoms with Crippen molar-refractivity contribution >= 4 is 0 Å². The van der Waals surface area contributed by atoms with Gasteiger partial charge in [-0.1, -0.05) is 23.4 Å². The Morgan fingerprint density at radius 1 is 1.25 bits per heavy atom. The van der Waals surface area contributed by atoms with E-state index in [1.807, 2.05) is 41.2 Å². The molecule has 1 fully saturated rings. The fourth-order valence-electron chi connectivity index (χ4n) is 2.03. The Labute approximate surface area is 118 Å². The van der Waals surface area contributed by atoms with Gasteiger partial charge in [0.1, 0.15) is 12.4 Å². The summed E-state index contributed by atoms with van der Waals surface area (Å²) < 4.78 is 7.47. The van der Waals surface area contributed by atoms with Gasteiger partial charge < -0.3 is 10.1 Å². The number of hydrogen-bond donors (Lipinski definition) is 1. The van der Waals surface area contributed by atoms with E-state index in [1.54, 1.807) is 0 Å². The summed E-state index contributed by atoms with van der Waals surface area (Å²) >= 11 is 0. The van der Waals surface area contributed by atoms with Crippen LogP contribution < -0.4 is 10.1 Å². The van der Waals surface area contributed by atoms with Gasteiger partial charge in [0.05, 0.1) is 12.2 Å². The van der Waals surface area contributed by atoms with Gasteiger partial charge in [-0.05, 0) is 37.4 Å². The Kier molecular flexibility index (Phi) is 4.28. The molecule has 0 bridgehead atoms. The van der Waals surface area contributed by atoms with Crippen LogP contribution in [0.15, 0.2) is 36.5 Å².